The normalized spacial score (nSPS) is 17.6. The van der Waals surface area contributed by atoms with Crippen molar-refractivity contribution in [3.8, 4) is 0 Å². The Balaban J connectivity index is 1.73. The molecular formula is C18H19ClN2Se. The second-order valence-corrected chi connectivity index (χ2v) is 8.05. The summed E-state index contributed by atoms with van der Waals surface area (Å²) in [5, 5.41) is 8.96. The first-order valence-electron chi connectivity index (χ1n) is 7.55. The zero-order valence-electron chi connectivity index (χ0n) is 12.6. The molecule has 0 aromatic heterocycles. The molecule has 2 aromatic rings. The molecule has 0 radical (unpaired) electrons. The second kappa shape index (κ2) is 7.32. The van der Waals surface area contributed by atoms with Gasteiger partial charge in [-0.05, 0) is 0 Å². The molecule has 0 saturated heterocycles. The van der Waals surface area contributed by atoms with Crippen LogP contribution in [0.4, 0.5) is 5.69 Å². The van der Waals surface area contributed by atoms with E-state index in [-0.39, 0.29) is 0 Å². The zero-order chi connectivity index (χ0) is 15.4. The molecule has 1 atom stereocenters. The maximum atomic E-state index is 6.00. The topological polar surface area (TPSA) is 15.6 Å². The zero-order valence-corrected chi connectivity index (χ0v) is 15.0. The average Bonchev–Trinajstić information content (AvgIpc) is 2.98. The number of nitrogens with zero attached hydrogens (tertiary/aromatic N) is 2. The Labute approximate surface area is 143 Å². The van der Waals surface area contributed by atoms with E-state index in [1.54, 1.807) is 0 Å². The van der Waals surface area contributed by atoms with Gasteiger partial charge in [0.25, 0.3) is 0 Å². The van der Waals surface area contributed by atoms with E-state index >= 15 is 0 Å². The Morgan fingerprint density at radius 1 is 1.14 bits per heavy atom. The SMILES string of the molecule is CCC1=NN(c2ccc(Cl)cc2)C(C[Se]c2ccccc2)C1. The van der Waals surface area contributed by atoms with E-state index in [4.69, 9.17) is 16.7 Å². The fourth-order valence-electron chi connectivity index (χ4n) is 2.55. The third-order valence-corrected chi connectivity index (χ3v) is 6.43. The molecule has 22 heavy (non-hydrogen) atoms. The molecule has 114 valence electrons. The molecule has 1 heterocycles. The van der Waals surface area contributed by atoms with Crippen molar-refractivity contribution in [1.29, 1.82) is 0 Å². The molecule has 2 nitrogen and oxygen atoms in total. The summed E-state index contributed by atoms with van der Waals surface area (Å²) >= 11 is 6.48. The number of benzene rings is 2. The molecule has 0 amide bonds. The Morgan fingerprint density at radius 3 is 2.55 bits per heavy atom. The van der Waals surface area contributed by atoms with Crippen LogP contribution >= 0.6 is 11.6 Å². The van der Waals surface area contributed by atoms with E-state index in [0.29, 0.717) is 21.0 Å². The second-order valence-electron chi connectivity index (χ2n) is 5.32. The molecule has 0 bridgehead atoms. The first kappa shape index (κ1) is 15.6. The van der Waals surface area contributed by atoms with Crippen LogP contribution in [0.15, 0.2) is 59.7 Å². The third kappa shape index (κ3) is 3.73. The Kier molecular flexibility index (Phi) is 5.20. The molecule has 1 unspecified atom stereocenters. The summed E-state index contributed by atoms with van der Waals surface area (Å²) in [7, 11) is 0. The third-order valence-electron chi connectivity index (χ3n) is 3.75. The molecule has 2 aromatic carbocycles. The van der Waals surface area contributed by atoms with Crippen molar-refractivity contribution in [2.45, 2.75) is 31.1 Å². The number of rotatable bonds is 5. The van der Waals surface area contributed by atoms with Crippen molar-refractivity contribution in [3.63, 3.8) is 0 Å². The van der Waals surface area contributed by atoms with E-state index in [0.717, 1.165) is 23.6 Å². The summed E-state index contributed by atoms with van der Waals surface area (Å²) in [5.41, 5.74) is 2.44. The van der Waals surface area contributed by atoms with Gasteiger partial charge in [0.1, 0.15) is 0 Å². The molecule has 1 aliphatic rings. The van der Waals surface area contributed by atoms with Gasteiger partial charge in [0.2, 0.25) is 0 Å². The van der Waals surface area contributed by atoms with Gasteiger partial charge in [0.05, 0.1) is 0 Å². The first-order chi connectivity index (χ1) is 10.8. The van der Waals surface area contributed by atoms with Crippen LogP contribution in [0.5, 0.6) is 0 Å². The van der Waals surface area contributed by atoms with E-state index in [9.17, 15) is 0 Å². The van der Waals surface area contributed by atoms with Crippen LogP contribution in [0.2, 0.25) is 10.3 Å². The van der Waals surface area contributed by atoms with Crippen molar-refractivity contribution in [2.75, 3.05) is 5.01 Å². The van der Waals surface area contributed by atoms with Crippen molar-refractivity contribution in [2.24, 2.45) is 5.10 Å². The summed E-state index contributed by atoms with van der Waals surface area (Å²) in [4.78, 5) is 0. The van der Waals surface area contributed by atoms with E-state index in [1.807, 2.05) is 12.1 Å². The molecule has 1 aliphatic heterocycles. The first-order valence-corrected chi connectivity index (χ1v) is 10.00. The van der Waals surface area contributed by atoms with Crippen molar-refractivity contribution in [3.05, 3.63) is 59.6 Å². The van der Waals surface area contributed by atoms with Crippen LogP contribution < -0.4 is 9.47 Å². The maximum absolute atomic E-state index is 6.00. The molecule has 0 saturated carbocycles. The number of halogens is 1. The van der Waals surface area contributed by atoms with Gasteiger partial charge in [-0.15, -0.1) is 0 Å². The summed E-state index contributed by atoms with van der Waals surface area (Å²) < 4.78 is 1.45. The molecule has 0 fully saturated rings. The van der Waals surface area contributed by atoms with Gasteiger partial charge in [-0.25, -0.2) is 0 Å². The fraction of sp³-hybridized carbons (Fsp3) is 0.278. The van der Waals surface area contributed by atoms with Crippen LogP contribution in [-0.4, -0.2) is 26.7 Å². The summed E-state index contributed by atoms with van der Waals surface area (Å²) in [6.45, 7) is 2.18. The average molecular weight is 378 g/mol. The van der Waals surface area contributed by atoms with Crippen molar-refractivity contribution in [1.82, 2.24) is 0 Å². The molecular weight excluding hydrogens is 359 g/mol. The molecule has 3 rings (SSSR count). The molecule has 0 spiro atoms. The van der Waals surface area contributed by atoms with E-state index < -0.39 is 0 Å². The number of anilines is 1. The minimum atomic E-state index is 0.469. The van der Waals surface area contributed by atoms with E-state index in [2.05, 4.69) is 54.4 Å². The van der Waals surface area contributed by atoms with Crippen LogP contribution in [0.25, 0.3) is 0 Å². The summed E-state index contributed by atoms with van der Waals surface area (Å²) in [5.74, 6) is 0. The van der Waals surface area contributed by atoms with Crippen LogP contribution in [0.3, 0.4) is 0 Å². The van der Waals surface area contributed by atoms with Crippen molar-refractivity contribution >= 4 is 42.4 Å². The van der Waals surface area contributed by atoms with Gasteiger partial charge < -0.3 is 0 Å². The van der Waals surface area contributed by atoms with Crippen molar-refractivity contribution < 1.29 is 0 Å². The number of hydrazone groups is 1. The van der Waals surface area contributed by atoms with Gasteiger partial charge >= 0.3 is 143 Å². The monoisotopic (exact) mass is 378 g/mol. The Bertz CT molecular complexity index is 640. The fourth-order valence-corrected chi connectivity index (χ4v) is 4.76. The minimum absolute atomic E-state index is 0.469. The molecule has 4 heteroatoms. The molecule has 0 N–H and O–H groups in total. The standard InChI is InChI=1S/C18H19ClN2Se/c1-2-15-12-17(13-22-18-6-4-3-5-7-18)21(20-15)16-10-8-14(19)9-11-16/h3-11,17H,2,12-13H2,1H3. The summed E-state index contributed by atoms with van der Waals surface area (Å²) in [6.07, 6.45) is 2.10. The van der Waals surface area contributed by atoms with E-state index in [1.165, 1.54) is 15.5 Å². The molecule has 0 aliphatic carbocycles. The Morgan fingerprint density at radius 2 is 1.86 bits per heavy atom. The van der Waals surface area contributed by atoms with Gasteiger partial charge in [0.15, 0.2) is 0 Å². The van der Waals surface area contributed by atoms with Crippen LogP contribution in [0.1, 0.15) is 19.8 Å². The number of hydrogen-bond acceptors (Lipinski definition) is 2. The van der Waals surface area contributed by atoms with Gasteiger partial charge in [0, 0.05) is 0 Å². The van der Waals surface area contributed by atoms with Crippen LogP contribution in [-0.2, 0) is 0 Å². The Hall–Kier alpha value is -1.28. The number of hydrogen-bond donors (Lipinski definition) is 0. The summed E-state index contributed by atoms with van der Waals surface area (Å²) in [6, 6.07) is 19.2. The van der Waals surface area contributed by atoms with Crippen LogP contribution in [0, 0.1) is 0 Å². The van der Waals surface area contributed by atoms with Gasteiger partial charge in [-0.2, -0.15) is 0 Å². The van der Waals surface area contributed by atoms with Gasteiger partial charge in [-0.3, -0.25) is 0 Å². The predicted molar refractivity (Wildman–Crippen MR) is 96.7 cm³/mol. The van der Waals surface area contributed by atoms with Gasteiger partial charge in [-0.1, -0.05) is 0 Å². The quantitative estimate of drug-likeness (QED) is 0.715. The predicted octanol–water partition coefficient (Wildman–Crippen LogP) is 4.13.